The summed E-state index contributed by atoms with van der Waals surface area (Å²) in [5, 5.41) is 3.76. The fourth-order valence-corrected chi connectivity index (χ4v) is 3.40. The second-order valence-corrected chi connectivity index (χ2v) is 6.75. The zero-order valence-electron chi connectivity index (χ0n) is 14.1. The van der Waals surface area contributed by atoms with Crippen molar-refractivity contribution >= 4 is 0 Å². The molecule has 0 aromatic heterocycles. The fourth-order valence-electron chi connectivity index (χ4n) is 3.40. The standard InChI is InChI=1S/C19H32N2/c1-4-10-18-15-21(19(3,5-2)16-20-18)14-9-13-17-11-7-6-8-12-17/h6-8,11-12,18,20H,4-5,9-10,13-16H2,1-3H3. The maximum atomic E-state index is 3.76. The van der Waals surface area contributed by atoms with E-state index in [1.807, 2.05) is 0 Å². The van der Waals surface area contributed by atoms with Gasteiger partial charge in [-0.25, -0.2) is 0 Å². The Hall–Kier alpha value is -0.860. The van der Waals surface area contributed by atoms with E-state index in [-0.39, 0.29) is 0 Å². The highest BCUT2D eigenvalue weighted by molar-refractivity contribution is 5.14. The number of hydrogen-bond donors (Lipinski definition) is 1. The molecule has 0 radical (unpaired) electrons. The maximum Gasteiger partial charge on any atom is 0.0303 e. The molecular weight excluding hydrogens is 256 g/mol. The summed E-state index contributed by atoms with van der Waals surface area (Å²) in [6, 6.07) is 11.6. The Morgan fingerprint density at radius 2 is 2.00 bits per heavy atom. The van der Waals surface area contributed by atoms with Gasteiger partial charge in [0.15, 0.2) is 0 Å². The molecule has 0 spiro atoms. The summed E-state index contributed by atoms with van der Waals surface area (Å²) in [6.45, 7) is 10.6. The minimum absolute atomic E-state index is 0.334. The van der Waals surface area contributed by atoms with Gasteiger partial charge in [0.25, 0.3) is 0 Å². The lowest BCUT2D eigenvalue weighted by Crippen LogP contribution is -2.63. The van der Waals surface area contributed by atoms with E-state index in [0.29, 0.717) is 11.6 Å². The van der Waals surface area contributed by atoms with Crippen LogP contribution in [-0.2, 0) is 6.42 Å². The zero-order chi connectivity index (χ0) is 15.1. The summed E-state index contributed by atoms with van der Waals surface area (Å²) in [5.41, 5.74) is 1.80. The predicted molar refractivity (Wildman–Crippen MR) is 91.7 cm³/mol. The molecule has 1 saturated heterocycles. The zero-order valence-corrected chi connectivity index (χ0v) is 14.1. The molecule has 0 saturated carbocycles. The average Bonchev–Trinajstić information content (AvgIpc) is 2.52. The van der Waals surface area contributed by atoms with Gasteiger partial charge in [-0.2, -0.15) is 0 Å². The van der Waals surface area contributed by atoms with Gasteiger partial charge in [-0.05, 0) is 44.7 Å². The Morgan fingerprint density at radius 1 is 1.24 bits per heavy atom. The fraction of sp³-hybridized carbons (Fsp3) is 0.684. The van der Waals surface area contributed by atoms with E-state index in [1.165, 1.54) is 50.8 Å². The molecule has 1 aromatic carbocycles. The summed E-state index contributed by atoms with van der Waals surface area (Å²) in [7, 11) is 0. The van der Waals surface area contributed by atoms with Gasteiger partial charge in [-0.1, -0.05) is 50.6 Å². The Labute approximate surface area is 130 Å². The van der Waals surface area contributed by atoms with Crippen LogP contribution in [0.4, 0.5) is 0 Å². The van der Waals surface area contributed by atoms with E-state index in [9.17, 15) is 0 Å². The first kappa shape index (κ1) is 16.5. The maximum absolute atomic E-state index is 3.76. The number of benzene rings is 1. The van der Waals surface area contributed by atoms with Crippen molar-refractivity contribution in [2.45, 2.75) is 64.5 Å². The molecule has 118 valence electrons. The van der Waals surface area contributed by atoms with Crippen molar-refractivity contribution in [3.63, 3.8) is 0 Å². The lowest BCUT2D eigenvalue weighted by atomic mass is 9.90. The van der Waals surface area contributed by atoms with Gasteiger partial charge in [0.1, 0.15) is 0 Å². The molecule has 21 heavy (non-hydrogen) atoms. The second-order valence-electron chi connectivity index (χ2n) is 6.75. The second kappa shape index (κ2) is 7.95. The molecule has 1 N–H and O–H groups in total. The van der Waals surface area contributed by atoms with Crippen LogP contribution in [0.2, 0.25) is 0 Å². The Balaban J connectivity index is 1.87. The first-order valence-corrected chi connectivity index (χ1v) is 8.70. The third-order valence-corrected chi connectivity index (χ3v) is 5.11. The smallest absolute Gasteiger partial charge is 0.0303 e. The molecule has 2 rings (SSSR count). The van der Waals surface area contributed by atoms with E-state index in [0.717, 1.165) is 6.54 Å². The van der Waals surface area contributed by atoms with E-state index >= 15 is 0 Å². The lowest BCUT2D eigenvalue weighted by Gasteiger charge is -2.48. The van der Waals surface area contributed by atoms with Crippen molar-refractivity contribution < 1.29 is 0 Å². The highest BCUT2D eigenvalue weighted by Crippen LogP contribution is 2.24. The predicted octanol–water partition coefficient (Wildman–Crippen LogP) is 3.86. The summed E-state index contributed by atoms with van der Waals surface area (Å²) in [6.07, 6.45) is 6.26. The third kappa shape index (κ3) is 4.55. The summed E-state index contributed by atoms with van der Waals surface area (Å²) in [5.74, 6) is 0. The van der Waals surface area contributed by atoms with Crippen molar-refractivity contribution in [3.05, 3.63) is 35.9 Å². The van der Waals surface area contributed by atoms with Crippen molar-refractivity contribution in [1.82, 2.24) is 10.2 Å². The van der Waals surface area contributed by atoms with E-state index in [1.54, 1.807) is 0 Å². The van der Waals surface area contributed by atoms with Crippen LogP contribution in [0.1, 0.15) is 52.0 Å². The van der Waals surface area contributed by atoms with Gasteiger partial charge >= 0.3 is 0 Å². The van der Waals surface area contributed by atoms with Gasteiger partial charge in [0.2, 0.25) is 0 Å². The van der Waals surface area contributed by atoms with Gasteiger partial charge in [0, 0.05) is 24.7 Å². The molecule has 0 aliphatic carbocycles. The molecule has 0 bridgehead atoms. The van der Waals surface area contributed by atoms with E-state index in [4.69, 9.17) is 0 Å². The van der Waals surface area contributed by atoms with Crippen LogP contribution >= 0.6 is 0 Å². The van der Waals surface area contributed by atoms with Crippen LogP contribution in [0.25, 0.3) is 0 Å². The summed E-state index contributed by atoms with van der Waals surface area (Å²) < 4.78 is 0. The Bertz CT molecular complexity index is 403. The van der Waals surface area contributed by atoms with Gasteiger partial charge in [-0.3, -0.25) is 4.90 Å². The minimum Gasteiger partial charge on any atom is -0.311 e. The minimum atomic E-state index is 0.334. The van der Waals surface area contributed by atoms with Crippen LogP contribution in [0.5, 0.6) is 0 Å². The monoisotopic (exact) mass is 288 g/mol. The molecule has 2 atom stereocenters. The van der Waals surface area contributed by atoms with Crippen LogP contribution in [0, 0.1) is 0 Å². The van der Waals surface area contributed by atoms with Crippen LogP contribution in [0.3, 0.4) is 0 Å². The van der Waals surface area contributed by atoms with Crippen molar-refractivity contribution in [2.75, 3.05) is 19.6 Å². The molecule has 2 heteroatoms. The van der Waals surface area contributed by atoms with Crippen LogP contribution in [0.15, 0.2) is 30.3 Å². The number of piperazine rings is 1. The van der Waals surface area contributed by atoms with Crippen molar-refractivity contribution in [1.29, 1.82) is 0 Å². The number of nitrogens with one attached hydrogen (secondary N) is 1. The molecule has 0 amide bonds. The third-order valence-electron chi connectivity index (χ3n) is 5.11. The molecule has 1 aliphatic heterocycles. The van der Waals surface area contributed by atoms with Crippen molar-refractivity contribution in [3.8, 4) is 0 Å². The molecular formula is C19H32N2. The number of rotatable bonds is 7. The highest BCUT2D eigenvalue weighted by Gasteiger charge is 2.35. The molecule has 2 nitrogen and oxygen atoms in total. The quantitative estimate of drug-likeness (QED) is 0.819. The first-order valence-electron chi connectivity index (χ1n) is 8.70. The van der Waals surface area contributed by atoms with Crippen LogP contribution in [-0.4, -0.2) is 36.1 Å². The van der Waals surface area contributed by atoms with Gasteiger partial charge in [0.05, 0.1) is 0 Å². The van der Waals surface area contributed by atoms with E-state index < -0.39 is 0 Å². The van der Waals surface area contributed by atoms with Crippen molar-refractivity contribution in [2.24, 2.45) is 0 Å². The molecule has 1 fully saturated rings. The number of aryl methyl sites for hydroxylation is 1. The van der Waals surface area contributed by atoms with Gasteiger partial charge in [-0.15, -0.1) is 0 Å². The number of nitrogens with zero attached hydrogens (tertiary/aromatic N) is 1. The SMILES string of the molecule is CCCC1CN(CCCc2ccccc2)C(C)(CC)CN1. The lowest BCUT2D eigenvalue weighted by molar-refractivity contribution is 0.0460. The Morgan fingerprint density at radius 3 is 2.67 bits per heavy atom. The molecule has 2 unspecified atom stereocenters. The normalized spacial score (nSPS) is 26.9. The molecule has 1 heterocycles. The first-order chi connectivity index (χ1) is 10.2. The Kier molecular flexibility index (Phi) is 6.25. The highest BCUT2D eigenvalue weighted by atomic mass is 15.3. The van der Waals surface area contributed by atoms with Gasteiger partial charge < -0.3 is 5.32 Å². The topological polar surface area (TPSA) is 15.3 Å². The summed E-state index contributed by atoms with van der Waals surface area (Å²) in [4.78, 5) is 2.74. The summed E-state index contributed by atoms with van der Waals surface area (Å²) >= 11 is 0. The average molecular weight is 288 g/mol. The van der Waals surface area contributed by atoms with Crippen LogP contribution < -0.4 is 5.32 Å². The largest absolute Gasteiger partial charge is 0.311 e. The molecule has 1 aromatic rings. The van der Waals surface area contributed by atoms with E-state index in [2.05, 4.69) is 61.3 Å². The number of hydrogen-bond acceptors (Lipinski definition) is 2. The molecule has 1 aliphatic rings.